The zero-order valence-corrected chi connectivity index (χ0v) is 12.6. The van der Waals surface area contributed by atoms with Gasteiger partial charge >= 0.3 is 0 Å². The average Bonchev–Trinajstić information content (AvgIpc) is 2.46. The first-order chi connectivity index (χ1) is 9.60. The molecule has 0 N–H and O–H groups in total. The van der Waals surface area contributed by atoms with E-state index in [2.05, 4.69) is 18.7 Å². The van der Waals surface area contributed by atoms with E-state index in [0.29, 0.717) is 35.6 Å². The van der Waals surface area contributed by atoms with Crippen molar-refractivity contribution in [2.45, 2.75) is 26.0 Å². The van der Waals surface area contributed by atoms with E-state index in [0.717, 1.165) is 19.4 Å². The summed E-state index contributed by atoms with van der Waals surface area (Å²) < 4.78 is 11.4. The fourth-order valence-electron chi connectivity index (χ4n) is 2.24. The topological polar surface area (TPSA) is 38.8 Å². The van der Waals surface area contributed by atoms with Gasteiger partial charge < -0.3 is 9.47 Å². The fraction of sp³-hybridized carbons (Fsp3) is 0.533. The Morgan fingerprint density at radius 1 is 1.55 bits per heavy atom. The molecular formula is C15H20ClNO3. The van der Waals surface area contributed by atoms with Gasteiger partial charge in [0.25, 0.3) is 0 Å². The van der Waals surface area contributed by atoms with Gasteiger partial charge in [-0.2, -0.15) is 0 Å². The number of ether oxygens (including phenoxy) is 2. The molecule has 1 saturated heterocycles. The van der Waals surface area contributed by atoms with Gasteiger partial charge in [-0.15, -0.1) is 0 Å². The number of hydrogen-bond acceptors (Lipinski definition) is 4. The lowest BCUT2D eigenvalue weighted by atomic mass is 10.2. The zero-order chi connectivity index (χ0) is 14.5. The Hall–Kier alpha value is -1.10. The van der Waals surface area contributed by atoms with E-state index in [1.54, 1.807) is 18.2 Å². The minimum atomic E-state index is 0.0290. The molecule has 1 aromatic rings. The van der Waals surface area contributed by atoms with Crippen molar-refractivity contribution in [3.63, 3.8) is 0 Å². The second kappa shape index (κ2) is 7.07. The second-order valence-electron chi connectivity index (χ2n) is 5.19. The Kier molecular flexibility index (Phi) is 5.40. The van der Waals surface area contributed by atoms with Crippen molar-refractivity contribution in [2.75, 3.05) is 26.3 Å². The minimum absolute atomic E-state index is 0.0290. The van der Waals surface area contributed by atoms with Crippen molar-refractivity contribution in [3.8, 4) is 5.75 Å². The SMILES string of the molecule is CC(C)N1CCOC(COc2ccc(Cl)cc2C=O)C1. The lowest BCUT2D eigenvalue weighted by Gasteiger charge is -2.35. The van der Waals surface area contributed by atoms with Crippen molar-refractivity contribution in [3.05, 3.63) is 28.8 Å². The molecule has 1 atom stereocenters. The molecule has 20 heavy (non-hydrogen) atoms. The molecule has 2 rings (SSSR count). The Morgan fingerprint density at radius 2 is 2.35 bits per heavy atom. The molecular weight excluding hydrogens is 278 g/mol. The van der Waals surface area contributed by atoms with E-state index >= 15 is 0 Å². The fourth-order valence-corrected chi connectivity index (χ4v) is 2.42. The van der Waals surface area contributed by atoms with Crippen LogP contribution in [-0.2, 0) is 4.74 Å². The molecule has 0 aromatic heterocycles. The standard InChI is InChI=1S/C15H20ClNO3/c1-11(2)17-5-6-19-14(8-17)10-20-15-4-3-13(16)7-12(15)9-18/h3-4,7,9,11,14H,5-6,8,10H2,1-2H3. The number of hydrogen-bond donors (Lipinski definition) is 0. The third kappa shape index (κ3) is 3.95. The summed E-state index contributed by atoms with van der Waals surface area (Å²) in [6.45, 7) is 7.30. The number of rotatable bonds is 5. The summed E-state index contributed by atoms with van der Waals surface area (Å²) in [5.74, 6) is 0.551. The van der Waals surface area contributed by atoms with Crippen LogP contribution in [0.3, 0.4) is 0 Å². The number of morpholine rings is 1. The highest BCUT2D eigenvalue weighted by Crippen LogP contribution is 2.22. The Labute approximate surface area is 124 Å². The zero-order valence-electron chi connectivity index (χ0n) is 11.8. The van der Waals surface area contributed by atoms with Gasteiger partial charge in [0, 0.05) is 24.2 Å². The summed E-state index contributed by atoms with van der Waals surface area (Å²) in [5.41, 5.74) is 0.467. The van der Waals surface area contributed by atoms with E-state index in [-0.39, 0.29) is 6.10 Å². The molecule has 1 heterocycles. The molecule has 0 spiro atoms. The van der Waals surface area contributed by atoms with Crippen LogP contribution in [0.15, 0.2) is 18.2 Å². The number of carbonyl (C=O) groups excluding carboxylic acids is 1. The quantitative estimate of drug-likeness (QED) is 0.783. The summed E-state index contributed by atoms with van der Waals surface area (Å²) in [6.07, 6.45) is 0.782. The van der Waals surface area contributed by atoms with Crippen molar-refractivity contribution < 1.29 is 14.3 Å². The van der Waals surface area contributed by atoms with Crippen molar-refractivity contribution in [2.24, 2.45) is 0 Å². The number of aldehydes is 1. The van der Waals surface area contributed by atoms with Gasteiger partial charge in [-0.25, -0.2) is 0 Å². The maximum Gasteiger partial charge on any atom is 0.153 e. The van der Waals surface area contributed by atoms with Crippen molar-refractivity contribution >= 4 is 17.9 Å². The predicted octanol–water partition coefficient (Wildman–Crippen LogP) is 2.64. The van der Waals surface area contributed by atoms with Gasteiger partial charge in [0.1, 0.15) is 18.5 Å². The highest BCUT2D eigenvalue weighted by molar-refractivity contribution is 6.30. The maximum absolute atomic E-state index is 11.0. The first kappa shape index (κ1) is 15.3. The third-order valence-corrected chi connectivity index (χ3v) is 3.66. The maximum atomic E-state index is 11.0. The highest BCUT2D eigenvalue weighted by atomic mass is 35.5. The molecule has 1 unspecified atom stereocenters. The molecule has 0 bridgehead atoms. The van der Waals surface area contributed by atoms with E-state index < -0.39 is 0 Å². The van der Waals surface area contributed by atoms with Gasteiger partial charge in [0.2, 0.25) is 0 Å². The molecule has 0 aliphatic carbocycles. The van der Waals surface area contributed by atoms with E-state index in [1.165, 1.54) is 0 Å². The highest BCUT2D eigenvalue weighted by Gasteiger charge is 2.22. The van der Waals surface area contributed by atoms with Gasteiger partial charge in [0.15, 0.2) is 6.29 Å². The molecule has 5 heteroatoms. The van der Waals surface area contributed by atoms with Crippen LogP contribution in [0.2, 0.25) is 5.02 Å². The van der Waals surface area contributed by atoms with Gasteiger partial charge in [0.05, 0.1) is 12.2 Å². The average molecular weight is 298 g/mol. The van der Waals surface area contributed by atoms with Crippen molar-refractivity contribution in [1.29, 1.82) is 0 Å². The number of carbonyl (C=O) groups is 1. The van der Waals surface area contributed by atoms with Crippen molar-refractivity contribution in [1.82, 2.24) is 4.90 Å². The summed E-state index contributed by atoms with van der Waals surface area (Å²) in [5, 5.41) is 0.527. The summed E-state index contributed by atoms with van der Waals surface area (Å²) in [4.78, 5) is 13.4. The molecule has 0 amide bonds. The van der Waals surface area contributed by atoms with Crippen LogP contribution in [0.1, 0.15) is 24.2 Å². The van der Waals surface area contributed by atoms with Crippen LogP contribution in [-0.4, -0.2) is 49.6 Å². The van der Waals surface area contributed by atoms with Gasteiger partial charge in [-0.3, -0.25) is 9.69 Å². The smallest absolute Gasteiger partial charge is 0.153 e. The molecule has 0 saturated carbocycles. The molecule has 110 valence electrons. The van der Waals surface area contributed by atoms with Gasteiger partial charge in [-0.1, -0.05) is 11.6 Å². The summed E-state index contributed by atoms with van der Waals surface area (Å²) in [6, 6.07) is 5.54. The molecule has 1 fully saturated rings. The predicted molar refractivity (Wildman–Crippen MR) is 78.8 cm³/mol. The lowest BCUT2D eigenvalue weighted by molar-refractivity contribution is -0.0565. The van der Waals surface area contributed by atoms with Crippen LogP contribution in [0, 0.1) is 0 Å². The van der Waals surface area contributed by atoms with Crippen LogP contribution in [0.4, 0.5) is 0 Å². The normalized spacial score (nSPS) is 20.1. The lowest BCUT2D eigenvalue weighted by Crippen LogP contribution is -2.47. The first-order valence-corrected chi connectivity index (χ1v) is 7.21. The number of halogens is 1. The molecule has 1 aliphatic rings. The number of nitrogens with zero attached hydrogens (tertiary/aromatic N) is 1. The van der Waals surface area contributed by atoms with E-state index in [1.807, 2.05) is 0 Å². The van der Waals surface area contributed by atoms with Crippen LogP contribution >= 0.6 is 11.6 Å². The van der Waals surface area contributed by atoms with Crippen LogP contribution in [0.5, 0.6) is 5.75 Å². The summed E-state index contributed by atoms with van der Waals surface area (Å²) in [7, 11) is 0. The molecule has 4 nitrogen and oxygen atoms in total. The van der Waals surface area contributed by atoms with Crippen LogP contribution in [0.25, 0.3) is 0 Å². The second-order valence-corrected chi connectivity index (χ2v) is 5.63. The van der Waals surface area contributed by atoms with Gasteiger partial charge in [-0.05, 0) is 32.0 Å². The Morgan fingerprint density at radius 3 is 3.05 bits per heavy atom. The third-order valence-electron chi connectivity index (χ3n) is 3.42. The Bertz CT molecular complexity index is 464. The molecule has 1 aromatic carbocycles. The Balaban J connectivity index is 1.93. The van der Waals surface area contributed by atoms with E-state index in [4.69, 9.17) is 21.1 Å². The number of benzene rings is 1. The molecule has 1 aliphatic heterocycles. The monoisotopic (exact) mass is 297 g/mol. The van der Waals surface area contributed by atoms with Crippen LogP contribution < -0.4 is 4.74 Å². The first-order valence-electron chi connectivity index (χ1n) is 6.83. The largest absolute Gasteiger partial charge is 0.490 e. The molecule has 0 radical (unpaired) electrons. The van der Waals surface area contributed by atoms with E-state index in [9.17, 15) is 4.79 Å². The minimum Gasteiger partial charge on any atom is -0.490 e. The summed E-state index contributed by atoms with van der Waals surface area (Å²) >= 11 is 5.85.